The molecule has 1 N–H and O–H groups in total. The molecular weight excluding hydrogens is 200 g/mol. The largest absolute Gasteiger partial charge is 0.377 e. The summed E-state index contributed by atoms with van der Waals surface area (Å²) < 4.78 is 5.75. The molecule has 0 aromatic carbocycles. The van der Waals surface area contributed by atoms with E-state index < -0.39 is 0 Å². The van der Waals surface area contributed by atoms with Crippen LogP contribution in [0.1, 0.15) is 39.0 Å². The third kappa shape index (κ3) is 3.44. The van der Waals surface area contributed by atoms with Crippen LogP contribution in [0.2, 0.25) is 0 Å². The molecule has 2 saturated heterocycles. The Labute approximate surface area is 99.5 Å². The smallest absolute Gasteiger partial charge is 0.0702 e. The molecule has 2 unspecified atom stereocenters. The van der Waals surface area contributed by atoms with Crippen molar-refractivity contribution in [3.05, 3.63) is 0 Å². The van der Waals surface area contributed by atoms with E-state index in [-0.39, 0.29) is 0 Å². The Balaban J connectivity index is 1.81. The Bertz CT molecular complexity index is 184. The number of nitrogens with one attached hydrogen (secondary N) is 1. The monoisotopic (exact) mass is 226 g/mol. The van der Waals surface area contributed by atoms with Crippen LogP contribution in [0.5, 0.6) is 0 Å². The lowest BCUT2D eigenvalue weighted by Gasteiger charge is -2.31. The first-order chi connectivity index (χ1) is 7.90. The molecule has 0 aliphatic carbocycles. The summed E-state index contributed by atoms with van der Waals surface area (Å²) in [4.78, 5) is 2.64. The number of nitrogens with zero attached hydrogens (tertiary/aromatic N) is 1. The van der Waals surface area contributed by atoms with Crippen molar-refractivity contribution >= 4 is 0 Å². The number of rotatable bonds is 4. The highest BCUT2D eigenvalue weighted by atomic mass is 16.5. The molecular formula is C13H26N2O. The van der Waals surface area contributed by atoms with E-state index in [9.17, 15) is 0 Å². The van der Waals surface area contributed by atoms with Gasteiger partial charge in [0, 0.05) is 19.2 Å². The average Bonchev–Trinajstić information content (AvgIpc) is 2.67. The van der Waals surface area contributed by atoms with E-state index in [1.807, 2.05) is 0 Å². The molecule has 2 aliphatic heterocycles. The molecule has 0 saturated carbocycles. The van der Waals surface area contributed by atoms with Crippen molar-refractivity contribution in [3.8, 4) is 0 Å². The summed E-state index contributed by atoms with van der Waals surface area (Å²) in [7, 11) is 0. The average molecular weight is 226 g/mol. The van der Waals surface area contributed by atoms with Crippen molar-refractivity contribution in [2.24, 2.45) is 0 Å². The van der Waals surface area contributed by atoms with Crippen LogP contribution in [-0.2, 0) is 4.74 Å². The fraction of sp³-hybridized carbons (Fsp3) is 1.00. The lowest BCUT2D eigenvalue weighted by Crippen LogP contribution is -2.40. The first kappa shape index (κ1) is 12.3. The van der Waals surface area contributed by atoms with Crippen molar-refractivity contribution in [2.75, 3.05) is 32.8 Å². The fourth-order valence-electron chi connectivity index (χ4n) is 2.95. The topological polar surface area (TPSA) is 24.5 Å². The minimum absolute atomic E-state index is 0.510. The Hall–Kier alpha value is -0.120. The van der Waals surface area contributed by atoms with Gasteiger partial charge in [0.05, 0.1) is 6.10 Å². The molecule has 3 nitrogen and oxygen atoms in total. The highest BCUT2D eigenvalue weighted by Gasteiger charge is 2.24. The van der Waals surface area contributed by atoms with Gasteiger partial charge in [0.15, 0.2) is 0 Å². The molecule has 94 valence electrons. The van der Waals surface area contributed by atoms with E-state index in [1.165, 1.54) is 51.7 Å². The van der Waals surface area contributed by atoms with Gasteiger partial charge in [0.25, 0.3) is 0 Å². The van der Waals surface area contributed by atoms with E-state index >= 15 is 0 Å². The predicted octanol–water partition coefficient (Wildman–Crippen LogP) is 1.63. The van der Waals surface area contributed by atoms with Crippen LogP contribution in [0.25, 0.3) is 0 Å². The Morgan fingerprint density at radius 2 is 2.12 bits per heavy atom. The van der Waals surface area contributed by atoms with Crippen molar-refractivity contribution in [3.63, 3.8) is 0 Å². The zero-order valence-corrected chi connectivity index (χ0v) is 10.6. The van der Waals surface area contributed by atoms with Gasteiger partial charge < -0.3 is 10.1 Å². The van der Waals surface area contributed by atoms with Gasteiger partial charge in [0.1, 0.15) is 0 Å². The third-order valence-corrected chi connectivity index (χ3v) is 3.93. The molecule has 0 amide bonds. The third-order valence-electron chi connectivity index (χ3n) is 3.93. The highest BCUT2D eigenvalue weighted by molar-refractivity contribution is 4.79. The predicted molar refractivity (Wildman–Crippen MR) is 66.7 cm³/mol. The van der Waals surface area contributed by atoms with Gasteiger partial charge in [-0.1, -0.05) is 6.92 Å². The molecule has 2 rings (SSSR count). The van der Waals surface area contributed by atoms with Crippen molar-refractivity contribution < 1.29 is 4.74 Å². The lowest BCUT2D eigenvalue weighted by atomic mass is 10.1. The van der Waals surface area contributed by atoms with E-state index in [1.54, 1.807) is 0 Å². The van der Waals surface area contributed by atoms with Gasteiger partial charge in [0.2, 0.25) is 0 Å². The summed E-state index contributed by atoms with van der Waals surface area (Å²) in [6.07, 6.45) is 7.02. The normalized spacial score (nSPS) is 31.9. The molecule has 2 atom stereocenters. The molecule has 3 heteroatoms. The fourth-order valence-corrected chi connectivity index (χ4v) is 2.95. The molecule has 0 aromatic rings. The molecule has 0 bridgehead atoms. The number of hydrogen-bond acceptors (Lipinski definition) is 3. The minimum Gasteiger partial charge on any atom is -0.377 e. The van der Waals surface area contributed by atoms with Crippen LogP contribution in [0, 0.1) is 0 Å². The van der Waals surface area contributed by atoms with Crippen molar-refractivity contribution in [1.82, 2.24) is 10.2 Å². The SMILES string of the molecule is CCN(CC1CCCO1)C1CCCNCC1. The summed E-state index contributed by atoms with van der Waals surface area (Å²) in [5.41, 5.74) is 0. The van der Waals surface area contributed by atoms with Crippen molar-refractivity contribution in [2.45, 2.75) is 51.2 Å². The Morgan fingerprint density at radius 1 is 1.19 bits per heavy atom. The van der Waals surface area contributed by atoms with Crippen LogP contribution in [0.4, 0.5) is 0 Å². The molecule has 0 radical (unpaired) electrons. The number of ether oxygens (including phenoxy) is 1. The van der Waals surface area contributed by atoms with E-state index in [4.69, 9.17) is 4.74 Å². The highest BCUT2D eigenvalue weighted by Crippen LogP contribution is 2.18. The van der Waals surface area contributed by atoms with Crippen LogP contribution >= 0.6 is 0 Å². The summed E-state index contributed by atoms with van der Waals surface area (Å²) >= 11 is 0. The second-order valence-corrected chi connectivity index (χ2v) is 5.06. The van der Waals surface area contributed by atoms with Gasteiger partial charge >= 0.3 is 0 Å². The molecule has 0 spiro atoms. The van der Waals surface area contributed by atoms with E-state index in [0.29, 0.717) is 6.10 Å². The maximum absolute atomic E-state index is 5.75. The summed E-state index contributed by atoms with van der Waals surface area (Å²) in [6, 6.07) is 0.782. The second-order valence-electron chi connectivity index (χ2n) is 5.06. The zero-order valence-electron chi connectivity index (χ0n) is 10.6. The molecule has 2 aliphatic rings. The zero-order chi connectivity index (χ0) is 11.2. The standard InChI is InChI=1S/C13H26N2O/c1-2-15(11-13-6-4-10-16-13)12-5-3-8-14-9-7-12/h12-14H,2-11H2,1H3. The van der Waals surface area contributed by atoms with Crippen LogP contribution in [0.3, 0.4) is 0 Å². The molecule has 2 heterocycles. The van der Waals surface area contributed by atoms with Crippen LogP contribution < -0.4 is 5.32 Å². The first-order valence-electron chi connectivity index (χ1n) is 6.96. The van der Waals surface area contributed by atoms with Crippen LogP contribution in [-0.4, -0.2) is 49.8 Å². The molecule has 0 aromatic heterocycles. The summed E-state index contributed by atoms with van der Waals surface area (Å²) in [5, 5.41) is 3.49. The second kappa shape index (κ2) is 6.58. The number of hydrogen-bond donors (Lipinski definition) is 1. The summed E-state index contributed by atoms with van der Waals surface area (Å²) in [5.74, 6) is 0. The Kier molecular flexibility index (Phi) is 5.07. The van der Waals surface area contributed by atoms with Crippen molar-refractivity contribution in [1.29, 1.82) is 0 Å². The van der Waals surface area contributed by atoms with E-state index in [2.05, 4.69) is 17.1 Å². The van der Waals surface area contributed by atoms with Gasteiger partial charge in [-0.05, 0) is 51.7 Å². The maximum Gasteiger partial charge on any atom is 0.0702 e. The van der Waals surface area contributed by atoms with Gasteiger partial charge in [-0.15, -0.1) is 0 Å². The summed E-state index contributed by atoms with van der Waals surface area (Å²) in [6.45, 7) is 7.98. The molecule has 2 fully saturated rings. The first-order valence-corrected chi connectivity index (χ1v) is 6.96. The maximum atomic E-state index is 5.75. The number of likely N-dealkylation sites (N-methyl/N-ethyl adjacent to an activating group) is 1. The Morgan fingerprint density at radius 3 is 2.88 bits per heavy atom. The van der Waals surface area contributed by atoms with Gasteiger partial charge in [-0.25, -0.2) is 0 Å². The lowest BCUT2D eigenvalue weighted by molar-refractivity contribution is 0.0565. The molecule has 16 heavy (non-hydrogen) atoms. The minimum atomic E-state index is 0.510. The quantitative estimate of drug-likeness (QED) is 0.788. The van der Waals surface area contributed by atoms with Gasteiger partial charge in [-0.2, -0.15) is 0 Å². The van der Waals surface area contributed by atoms with Crippen LogP contribution in [0.15, 0.2) is 0 Å². The van der Waals surface area contributed by atoms with E-state index in [0.717, 1.165) is 19.2 Å². The van der Waals surface area contributed by atoms with Gasteiger partial charge in [-0.3, -0.25) is 4.90 Å².